The molecular weight excluding hydrogens is 1590 g/mol. The Balaban J connectivity index is 0.0000449. The van der Waals surface area contributed by atoms with Crippen molar-refractivity contribution < 1.29 is 210 Å². The van der Waals surface area contributed by atoms with Gasteiger partial charge in [0.05, 0.1) is 77.8 Å². The van der Waals surface area contributed by atoms with E-state index in [9.17, 15) is 153 Å². The molecule has 1 unspecified atom stereocenters. The van der Waals surface area contributed by atoms with E-state index in [-0.39, 0.29) is 55.6 Å². The molecule has 14 amide bonds. The van der Waals surface area contributed by atoms with Crippen LogP contribution < -0.4 is 105 Å². The molecule has 3 saturated heterocycles. The molecule has 3 heterocycles. The number of phosphoric acid groups is 1. The zero-order valence-corrected chi connectivity index (χ0v) is 65.7. The van der Waals surface area contributed by atoms with Crippen LogP contribution in [0.2, 0.25) is 0 Å². The molecule has 54 heteroatoms. The Morgan fingerprint density at radius 2 is 1.08 bits per heavy atom. The van der Waals surface area contributed by atoms with E-state index in [1.165, 1.54) is 0 Å². The Kier molecular flexibility index (Phi) is 45.3. The molecule has 115 heavy (non-hydrogen) atoms. The van der Waals surface area contributed by atoms with Crippen LogP contribution in [-0.2, 0) is 104 Å². The quantitative estimate of drug-likeness (QED) is 0.00884. The van der Waals surface area contributed by atoms with Crippen LogP contribution in [0.1, 0.15) is 72.6 Å². The molecule has 0 aromatic heterocycles. The molecule has 0 bridgehead atoms. The van der Waals surface area contributed by atoms with Gasteiger partial charge in [-0.3, -0.25) is 86.0 Å². The molecule has 0 saturated carbocycles. The number of aliphatic imine (C=N–C) groups is 1. The number of nitrogens with zero attached hydrogens (tertiary/aromatic N) is 2. The number of nitrogens with one attached hydrogen (secondary N) is 11. The van der Waals surface area contributed by atoms with E-state index in [0.717, 1.165) is 25.7 Å². The van der Waals surface area contributed by atoms with Gasteiger partial charge < -0.3 is 170 Å². The van der Waals surface area contributed by atoms with Gasteiger partial charge in [0.1, 0.15) is 116 Å². The fourth-order valence-electron chi connectivity index (χ4n) is 10.8. The zero-order valence-electron chi connectivity index (χ0n) is 62.8. The van der Waals surface area contributed by atoms with Crippen LogP contribution in [0.5, 0.6) is 0 Å². The van der Waals surface area contributed by atoms with Gasteiger partial charge in [-0.2, -0.15) is 0 Å². The van der Waals surface area contributed by atoms with Crippen LogP contribution in [0.25, 0.3) is 0 Å². The normalized spacial score (nSPS) is 24.1. The van der Waals surface area contributed by atoms with Crippen molar-refractivity contribution in [3.63, 3.8) is 0 Å². The smallest absolute Gasteiger partial charge is 0.862 e. The SMILES string of the molecule is CCCO[C@H]1O[C@H](CO)[C@@H](O)[C@H](O)[C@@H]1O[C@H]1O[C@H](COP(=O)(O)OCCNC(=O)[C@H](CO)NC(=O)[C@@H]2CCCN2C(=O)[C@H](CO)NC(=O)[C@H](CO)NC(=O)[C@@H](NC(=O)[C@H](CCC(N)=O)NC(=O)[C@H](CO)NC(=O)[C@@H](NC(=O)[C@H](CC(=O)O)NC(=O)[C@H](CC(N)=O)NC(=O)CNC(=O)CN=C(C)[O-])[C@@H](C)O)[C@@H](C)O)[C@@H](O)[C@H](O)[C@@H]1O.[Na+]. The van der Waals surface area contributed by atoms with Gasteiger partial charge in [0.25, 0.3) is 0 Å². The number of hydrogen-bond donors (Lipinski definition) is 27. The average molecular weight is 1690 g/mol. The first kappa shape index (κ1) is 103. The summed E-state index contributed by atoms with van der Waals surface area (Å²) in [5, 5.41) is 168. The third-order valence-corrected chi connectivity index (χ3v) is 17.8. The summed E-state index contributed by atoms with van der Waals surface area (Å²) in [5.74, 6) is -20.5. The number of hydrogen-bond acceptors (Lipinski definition) is 36. The van der Waals surface area contributed by atoms with Gasteiger partial charge in [0.15, 0.2) is 12.6 Å². The van der Waals surface area contributed by atoms with Gasteiger partial charge in [0, 0.05) is 26.1 Å². The van der Waals surface area contributed by atoms with Crippen LogP contribution in [-0.4, -0.2) is 384 Å². The number of nitrogens with two attached hydrogens (primary N) is 2. The number of carboxylic acid groups (broad SMARTS) is 1. The summed E-state index contributed by atoms with van der Waals surface area (Å²) in [7, 11) is -5.15. The summed E-state index contributed by atoms with van der Waals surface area (Å²) in [6, 6.07) is -20.0. The van der Waals surface area contributed by atoms with Gasteiger partial charge in [-0.15, -0.1) is 0 Å². The molecule has 0 aliphatic carbocycles. The summed E-state index contributed by atoms with van der Waals surface area (Å²) in [4.78, 5) is 211. The molecule has 23 atom stereocenters. The van der Waals surface area contributed by atoms with Gasteiger partial charge >= 0.3 is 43.3 Å². The number of carbonyl (C=O) groups excluding carboxylic acids is 14. The number of primary amides is 2. The number of amides is 14. The van der Waals surface area contributed by atoms with Crippen molar-refractivity contribution in [2.45, 2.75) is 207 Å². The molecule has 3 aliphatic rings. The van der Waals surface area contributed by atoms with Crippen molar-refractivity contribution in [2.75, 3.05) is 79.0 Å². The Hall–Kier alpha value is -8.01. The van der Waals surface area contributed by atoms with E-state index < -0.39 is 328 Å². The number of aliphatic hydroxyl groups is 12. The van der Waals surface area contributed by atoms with Crippen molar-refractivity contribution in [1.29, 1.82) is 0 Å². The van der Waals surface area contributed by atoms with Gasteiger partial charge in [-0.25, -0.2) is 4.57 Å². The topological polar surface area (TPSA) is 835 Å². The molecular formula is C61H101N15NaO37P. The summed E-state index contributed by atoms with van der Waals surface area (Å²) < 4.78 is 44.7. The molecule has 3 fully saturated rings. The van der Waals surface area contributed by atoms with E-state index in [0.29, 0.717) is 6.42 Å². The molecule has 0 aromatic rings. The molecule has 29 N–H and O–H groups in total. The first-order chi connectivity index (χ1) is 53.5. The number of likely N-dealkylation sites (tertiary alicyclic amines) is 1. The largest absolute Gasteiger partial charge is 1.00 e. The molecule has 3 aliphatic heterocycles. The average Bonchev–Trinajstić information content (AvgIpc) is 1.35. The van der Waals surface area contributed by atoms with E-state index in [1.54, 1.807) is 6.92 Å². The van der Waals surface area contributed by atoms with Crippen LogP contribution >= 0.6 is 7.82 Å². The molecule has 648 valence electrons. The van der Waals surface area contributed by atoms with E-state index in [4.69, 9.17) is 39.5 Å². The van der Waals surface area contributed by atoms with Crippen LogP contribution in [0.3, 0.4) is 0 Å². The Bertz CT molecular complexity index is 3390. The maximum absolute atomic E-state index is 13.9. The predicted octanol–water partition coefficient (Wildman–Crippen LogP) is -21.1. The fourth-order valence-corrected chi connectivity index (χ4v) is 11.5. The number of aliphatic hydroxyl groups excluding tert-OH is 12. The first-order valence-electron chi connectivity index (χ1n) is 35.0. The maximum atomic E-state index is 13.9. The summed E-state index contributed by atoms with van der Waals surface area (Å²) >= 11 is 0. The van der Waals surface area contributed by atoms with Crippen molar-refractivity contribution >= 4 is 102 Å². The zero-order chi connectivity index (χ0) is 86.2. The second-order valence-electron chi connectivity index (χ2n) is 25.8. The van der Waals surface area contributed by atoms with Crippen LogP contribution in [0.15, 0.2) is 4.99 Å². The number of aliphatic carboxylic acids is 1. The van der Waals surface area contributed by atoms with Crippen molar-refractivity contribution in [1.82, 2.24) is 63.4 Å². The van der Waals surface area contributed by atoms with E-state index in [2.05, 4.69) is 31.6 Å². The number of carbonyl (C=O) groups is 15. The fraction of sp³-hybridized carbons (Fsp3) is 0.738. The molecule has 52 nitrogen and oxygen atoms in total. The van der Waals surface area contributed by atoms with Crippen LogP contribution in [0.4, 0.5) is 0 Å². The van der Waals surface area contributed by atoms with Crippen molar-refractivity contribution in [2.24, 2.45) is 16.5 Å². The second-order valence-corrected chi connectivity index (χ2v) is 27.3. The monoisotopic (exact) mass is 1690 g/mol. The first-order valence-corrected chi connectivity index (χ1v) is 36.5. The van der Waals surface area contributed by atoms with E-state index >= 15 is 0 Å². The summed E-state index contributed by atoms with van der Waals surface area (Å²) in [5.41, 5.74) is 10.5. The number of rotatable bonds is 49. The van der Waals surface area contributed by atoms with Gasteiger partial charge in [0.2, 0.25) is 82.7 Å². The maximum Gasteiger partial charge on any atom is 1.00 e. The molecule has 0 aromatic carbocycles. The number of carboxylic acids is 1. The minimum absolute atomic E-state index is 0. The van der Waals surface area contributed by atoms with E-state index in [1.807, 2.05) is 31.9 Å². The third-order valence-electron chi connectivity index (χ3n) is 16.8. The third kappa shape index (κ3) is 33.5. The molecule has 0 radical (unpaired) electrons. The standard InChI is InChI=1S/C61H102N15O37P.Na/c1-5-12-108-61-49(47(94)44(91)35(22-81)111-61)113-60-48(95)46(93)45(92)36(112-60)23-110-114(106,107)109-13-10-64-50(96)30(18-77)70-56(102)34-7-6-11-76(34)59(105)33(21-80)73-55(101)32(20-79)72-57(103)42(24(2)82)74-51(97)27(8-9-37(62)85)68-54(100)31(19-78)71-58(104)43(25(3)83)75-53(99)29(15-41(89)90)69-52(98)28(14-38(63)86)67-40(88)17-66-39(87)16-65-26(4)84;/h24-25,27-36,42-49,60-61,77-83,91-95H,5-23H2,1-4H3,(H2,62,85)(H2,63,86)(H,64,96)(H,65,84)(H,66,87)(H,67,88)(H,68,100)(H,69,98)(H,70,102)(H,71,104)(H,72,103)(H,73,101)(H,74,97)(H,75,99)(H,89,90)(H,106,107);/q;+1/p-1/t24-,25-,27+,28+,29+,30+,31+,32+,33+,34+,35-,36-,42+,43+,44-,45-,46+,47+,48+,49+,60-,61+;/m1./s1. The Labute approximate surface area is 675 Å². The number of phosphoric ester groups is 1. The van der Waals surface area contributed by atoms with Crippen molar-refractivity contribution in [3.05, 3.63) is 0 Å². The number of ether oxygens (including phenoxy) is 4. The summed E-state index contributed by atoms with van der Waals surface area (Å²) in [6.45, 7) is -5.36. The minimum Gasteiger partial charge on any atom is -0.862 e. The minimum atomic E-state index is -5.15. The Morgan fingerprint density at radius 1 is 0.583 bits per heavy atom. The summed E-state index contributed by atoms with van der Waals surface area (Å²) in [6.07, 6.45) is -25.1. The Morgan fingerprint density at radius 3 is 1.59 bits per heavy atom. The predicted molar refractivity (Wildman–Crippen MR) is 370 cm³/mol. The van der Waals surface area contributed by atoms with Crippen LogP contribution in [0, 0.1) is 0 Å². The van der Waals surface area contributed by atoms with Gasteiger partial charge in [-0.05, 0) is 52.4 Å². The van der Waals surface area contributed by atoms with Gasteiger partial charge in [-0.1, -0.05) is 6.92 Å². The van der Waals surface area contributed by atoms with Crippen molar-refractivity contribution in [3.8, 4) is 0 Å². The second kappa shape index (κ2) is 50.6. The molecule has 0 spiro atoms. The molecule has 3 rings (SSSR count).